The van der Waals surface area contributed by atoms with Crippen LogP contribution in [0.5, 0.6) is 0 Å². The zero-order valence-electron chi connectivity index (χ0n) is 11.2. The van der Waals surface area contributed by atoms with Gasteiger partial charge in [-0.15, -0.1) is 11.3 Å². The van der Waals surface area contributed by atoms with E-state index in [0.29, 0.717) is 19.2 Å². The van der Waals surface area contributed by atoms with Gasteiger partial charge >= 0.3 is 0 Å². The third kappa shape index (κ3) is 2.42. The van der Waals surface area contributed by atoms with E-state index in [-0.39, 0.29) is 18.2 Å². The van der Waals surface area contributed by atoms with Crippen molar-refractivity contribution in [1.82, 2.24) is 9.97 Å². The fraction of sp³-hybridized carbons (Fsp3) is 0.429. The maximum Gasteiger partial charge on any atom is 0.223 e. The lowest BCUT2D eigenvalue weighted by molar-refractivity contribution is 0.0184. The van der Waals surface area contributed by atoms with Gasteiger partial charge in [-0.2, -0.15) is 0 Å². The fourth-order valence-electron chi connectivity index (χ4n) is 2.76. The van der Waals surface area contributed by atoms with E-state index in [0.717, 1.165) is 10.6 Å². The van der Waals surface area contributed by atoms with Crippen LogP contribution in [-0.2, 0) is 9.47 Å². The summed E-state index contributed by atoms with van der Waals surface area (Å²) in [6, 6.07) is 5.88. The summed E-state index contributed by atoms with van der Waals surface area (Å²) in [7, 11) is 0. The van der Waals surface area contributed by atoms with Gasteiger partial charge in [-0.25, -0.2) is 9.97 Å². The smallest absolute Gasteiger partial charge is 0.223 e. The minimum absolute atomic E-state index is 0.0364. The maximum absolute atomic E-state index is 9.74. The Morgan fingerprint density at radius 1 is 1.24 bits per heavy atom. The van der Waals surface area contributed by atoms with Crippen molar-refractivity contribution in [3.05, 3.63) is 29.8 Å². The first-order chi connectivity index (χ1) is 10.3. The van der Waals surface area contributed by atoms with Gasteiger partial charge in [-0.1, -0.05) is 6.07 Å². The number of aliphatic hydroxyl groups excluding tert-OH is 1. The molecule has 0 bridgehead atoms. The highest BCUT2D eigenvalue weighted by atomic mass is 32.1. The quantitative estimate of drug-likeness (QED) is 0.886. The molecule has 21 heavy (non-hydrogen) atoms. The van der Waals surface area contributed by atoms with Crippen LogP contribution in [0.15, 0.2) is 29.8 Å². The molecule has 2 N–H and O–H groups in total. The molecule has 0 radical (unpaired) electrons. The Labute approximate surface area is 125 Å². The third-order valence-corrected chi connectivity index (χ3v) is 4.66. The predicted octanol–water partition coefficient (Wildman–Crippen LogP) is 1.14. The lowest BCUT2D eigenvalue weighted by Crippen LogP contribution is -2.36. The van der Waals surface area contributed by atoms with E-state index in [1.807, 2.05) is 23.6 Å². The summed E-state index contributed by atoms with van der Waals surface area (Å²) in [4.78, 5) is 9.89. The van der Waals surface area contributed by atoms with Crippen molar-refractivity contribution < 1.29 is 14.6 Å². The number of anilines is 1. The molecule has 2 aromatic rings. The van der Waals surface area contributed by atoms with Crippen LogP contribution < -0.4 is 5.32 Å². The molecule has 110 valence electrons. The van der Waals surface area contributed by atoms with Gasteiger partial charge in [0.1, 0.15) is 18.3 Å². The zero-order valence-corrected chi connectivity index (χ0v) is 12.0. The Balaban J connectivity index is 1.52. The average molecular weight is 305 g/mol. The molecule has 7 heteroatoms. The number of rotatable bonds is 3. The molecular formula is C14H15N3O3S. The number of aromatic nitrogens is 2. The number of hydrogen-bond acceptors (Lipinski definition) is 7. The Bertz CT molecular complexity index is 622. The Morgan fingerprint density at radius 3 is 3.00 bits per heavy atom. The van der Waals surface area contributed by atoms with Crippen molar-refractivity contribution in [2.75, 3.05) is 18.5 Å². The minimum atomic E-state index is -0.542. The van der Waals surface area contributed by atoms with E-state index < -0.39 is 6.10 Å². The monoisotopic (exact) mass is 305 g/mol. The first-order valence-electron chi connectivity index (χ1n) is 6.86. The lowest BCUT2D eigenvalue weighted by Gasteiger charge is -2.17. The van der Waals surface area contributed by atoms with E-state index in [1.54, 1.807) is 17.5 Å². The first kappa shape index (κ1) is 13.1. The topological polar surface area (TPSA) is 76.5 Å². The maximum atomic E-state index is 9.74. The Hall–Kier alpha value is -1.54. The van der Waals surface area contributed by atoms with Gasteiger partial charge in [-0.3, -0.25) is 0 Å². The van der Waals surface area contributed by atoms with Gasteiger partial charge < -0.3 is 19.9 Å². The summed E-state index contributed by atoms with van der Waals surface area (Å²) < 4.78 is 11.2. The SMILES string of the molecule is O[C@@H]1CO[C@H]2[C@H]1OC[C@H]2Nc1nccc(-c2cccs2)n1. The molecule has 0 amide bonds. The molecule has 2 aliphatic heterocycles. The molecule has 2 saturated heterocycles. The standard InChI is InChI=1S/C14H15N3O3S/c18-10-7-20-12-9(6-19-13(10)12)17-14-15-4-3-8(16-14)11-2-1-5-21-11/h1-5,9-10,12-13,18H,6-7H2,(H,15,16,17)/t9-,10-,12-,13+/m1/s1. The highest BCUT2D eigenvalue weighted by Crippen LogP contribution is 2.29. The molecule has 0 unspecified atom stereocenters. The molecule has 4 heterocycles. The van der Waals surface area contributed by atoms with E-state index in [1.165, 1.54) is 0 Å². The van der Waals surface area contributed by atoms with Crippen molar-refractivity contribution >= 4 is 17.3 Å². The van der Waals surface area contributed by atoms with E-state index >= 15 is 0 Å². The van der Waals surface area contributed by atoms with Gasteiger partial charge in [0.2, 0.25) is 5.95 Å². The van der Waals surface area contributed by atoms with Crippen LogP contribution in [0.25, 0.3) is 10.6 Å². The number of ether oxygens (including phenoxy) is 2. The number of aliphatic hydroxyl groups is 1. The predicted molar refractivity (Wildman–Crippen MR) is 78.2 cm³/mol. The van der Waals surface area contributed by atoms with Gasteiger partial charge in [0, 0.05) is 6.20 Å². The molecule has 0 spiro atoms. The number of thiophene rings is 1. The van der Waals surface area contributed by atoms with Crippen LogP contribution in [-0.4, -0.2) is 52.6 Å². The molecule has 0 saturated carbocycles. The van der Waals surface area contributed by atoms with Crippen molar-refractivity contribution in [3.8, 4) is 10.6 Å². The van der Waals surface area contributed by atoms with Crippen LogP contribution >= 0.6 is 11.3 Å². The van der Waals surface area contributed by atoms with Crippen LogP contribution in [0.3, 0.4) is 0 Å². The third-order valence-electron chi connectivity index (χ3n) is 3.77. The largest absolute Gasteiger partial charge is 0.388 e. The van der Waals surface area contributed by atoms with E-state index in [4.69, 9.17) is 9.47 Å². The molecule has 4 rings (SSSR count). The average Bonchev–Trinajstić information content (AvgIpc) is 3.21. The second kappa shape index (κ2) is 5.34. The van der Waals surface area contributed by atoms with Crippen LogP contribution in [0.4, 0.5) is 5.95 Å². The zero-order chi connectivity index (χ0) is 14.2. The van der Waals surface area contributed by atoms with Gasteiger partial charge in [0.25, 0.3) is 0 Å². The molecule has 0 aromatic carbocycles. The second-order valence-electron chi connectivity index (χ2n) is 5.16. The van der Waals surface area contributed by atoms with Crippen LogP contribution in [0, 0.1) is 0 Å². The summed E-state index contributed by atoms with van der Waals surface area (Å²) in [5, 5.41) is 15.0. The summed E-state index contributed by atoms with van der Waals surface area (Å²) in [6.45, 7) is 0.808. The van der Waals surface area contributed by atoms with Crippen molar-refractivity contribution in [1.29, 1.82) is 0 Å². The molecule has 6 nitrogen and oxygen atoms in total. The van der Waals surface area contributed by atoms with Crippen molar-refractivity contribution in [2.24, 2.45) is 0 Å². The molecule has 2 aromatic heterocycles. The summed E-state index contributed by atoms with van der Waals surface area (Å²) in [5.74, 6) is 0.556. The Morgan fingerprint density at radius 2 is 2.14 bits per heavy atom. The molecule has 0 aliphatic carbocycles. The van der Waals surface area contributed by atoms with Gasteiger partial charge in [-0.05, 0) is 17.5 Å². The molecule has 2 aliphatic rings. The molecule has 2 fully saturated rings. The number of hydrogen-bond donors (Lipinski definition) is 2. The van der Waals surface area contributed by atoms with Gasteiger partial charge in [0.15, 0.2) is 0 Å². The normalized spacial score (nSPS) is 31.3. The summed E-state index contributed by atoms with van der Waals surface area (Å²) in [6.07, 6.45) is 0.805. The van der Waals surface area contributed by atoms with Crippen molar-refractivity contribution in [2.45, 2.75) is 24.4 Å². The summed E-state index contributed by atoms with van der Waals surface area (Å²) in [5.41, 5.74) is 0.894. The first-order valence-corrected chi connectivity index (χ1v) is 7.74. The lowest BCUT2D eigenvalue weighted by atomic mass is 10.1. The Kier molecular flexibility index (Phi) is 3.34. The van der Waals surface area contributed by atoms with Gasteiger partial charge in [0.05, 0.1) is 29.8 Å². The molecule has 4 atom stereocenters. The second-order valence-corrected chi connectivity index (χ2v) is 6.10. The summed E-state index contributed by atoms with van der Waals surface area (Å²) >= 11 is 1.64. The van der Waals surface area contributed by atoms with Crippen LogP contribution in [0.2, 0.25) is 0 Å². The number of nitrogens with zero attached hydrogens (tertiary/aromatic N) is 2. The minimum Gasteiger partial charge on any atom is -0.388 e. The van der Waals surface area contributed by atoms with E-state index in [9.17, 15) is 5.11 Å². The van der Waals surface area contributed by atoms with Crippen molar-refractivity contribution in [3.63, 3.8) is 0 Å². The fourth-order valence-corrected chi connectivity index (χ4v) is 3.45. The number of fused-ring (bicyclic) bond motifs is 1. The number of nitrogens with one attached hydrogen (secondary N) is 1. The highest BCUT2D eigenvalue weighted by molar-refractivity contribution is 7.13. The molecular weight excluding hydrogens is 290 g/mol. The van der Waals surface area contributed by atoms with Crippen LogP contribution in [0.1, 0.15) is 0 Å². The van der Waals surface area contributed by atoms with E-state index in [2.05, 4.69) is 15.3 Å². The highest BCUT2D eigenvalue weighted by Gasteiger charge is 2.47.